The summed E-state index contributed by atoms with van der Waals surface area (Å²) < 4.78 is 0. The third-order valence-corrected chi connectivity index (χ3v) is 3.78. The van der Waals surface area contributed by atoms with Gasteiger partial charge >= 0.3 is 0 Å². The van der Waals surface area contributed by atoms with Crippen LogP contribution in [0.5, 0.6) is 0 Å². The Hall–Kier alpha value is -2.35. The molecule has 5 nitrogen and oxygen atoms in total. The lowest BCUT2D eigenvalue weighted by Crippen LogP contribution is -2.40. The van der Waals surface area contributed by atoms with E-state index in [9.17, 15) is 0 Å². The van der Waals surface area contributed by atoms with Crippen LogP contribution in [0, 0.1) is 11.3 Å². The first-order valence-corrected chi connectivity index (χ1v) is 6.97. The largest absolute Gasteiger partial charge is 0.367 e. The van der Waals surface area contributed by atoms with E-state index in [1.807, 2.05) is 30.9 Å². The van der Waals surface area contributed by atoms with Crippen LogP contribution in [0.3, 0.4) is 0 Å². The minimum Gasteiger partial charge on any atom is -0.367 e. The molecule has 1 saturated heterocycles. The first-order valence-electron chi connectivity index (χ1n) is 6.97. The van der Waals surface area contributed by atoms with Crippen molar-refractivity contribution in [3.05, 3.63) is 30.9 Å². The van der Waals surface area contributed by atoms with Gasteiger partial charge in [-0.05, 0) is 25.3 Å². The standard InChI is InChI=1S/C15H17N5/c16-6-4-14-3-1-2-8-20(14)15-18-10-13(11-19-15)12-5-7-17-9-12/h5,7,9-11,14,17H,1-4,8H2. The van der Waals surface area contributed by atoms with Crippen LogP contribution in [0.2, 0.25) is 0 Å². The van der Waals surface area contributed by atoms with Crippen molar-refractivity contribution >= 4 is 5.95 Å². The average Bonchev–Trinajstić information content (AvgIpc) is 3.03. The zero-order valence-corrected chi connectivity index (χ0v) is 11.3. The number of piperidine rings is 1. The minimum absolute atomic E-state index is 0.256. The lowest BCUT2D eigenvalue weighted by atomic mass is 10.0. The second-order valence-electron chi connectivity index (χ2n) is 5.08. The average molecular weight is 267 g/mol. The highest BCUT2D eigenvalue weighted by Crippen LogP contribution is 2.24. The second-order valence-corrected chi connectivity index (χ2v) is 5.08. The van der Waals surface area contributed by atoms with Gasteiger partial charge in [-0.25, -0.2) is 9.97 Å². The Balaban J connectivity index is 1.81. The van der Waals surface area contributed by atoms with Gasteiger partial charge in [0.1, 0.15) is 0 Å². The highest BCUT2D eigenvalue weighted by molar-refractivity contribution is 5.61. The number of nitrogens with one attached hydrogen (secondary N) is 1. The van der Waals surface area contributed by atoms with Crippen molar-refractivity contribution in [3.8, 4) is 17.2 Å². The van der Waals surface area contributed by atoms with Crippen LogP contribution in [0.1, 0.15) is 25.7 Å². The fourth-order valence-corrected chi connectivity index (χ4v) is 2.70. The first-order chi connectivity index (χ1) is 9.88. The van der Waals surface area contributed by atoms with E-state index in [0.29, 0.717) is 6.42 Å². The summed E-state index contributed by atoms with van der Waals surface area (Å²) in [6, 6.07) is 4.52. The van der Waals surface area contributed by atoms with Crippen LogP contribution in [0.25, 0.3) is 11.1 Å². The summed E-state index contributed by atoms with van der Waals surface area (Å²) >= 11 is 0. The SMILES string of the molecule is N#CCC1CCCCN1c1ncc(-c2cc[nH]c2)cn1. The second kappa shape index (κ2) is 5.74. The van der Waals surface area contributed by atoms with Crippen LogP contribution < -0.4 is 4.90 Å². The normalized spacial score (nSPS) is 18.8. The molecule has 1 atom stereocenters. The smallest absolute Gasteiger partial charge is 0.225 e. The number of aromatic nitrogens is 3. The molecule has 1 fully saturated rings. The number of nitrogens with zero attached hydrogens (tertiary/aromatic N) is 4. The topological polar surface area (TPSA) is 68.6 Å². The van der Waals surface area contributed by atoms with Gasteiger partial charge in [-0.15, -0.1) is 0 Å². The molecule has 1 unspecified atom stereocenters. The van der Waals surface area contributed by atoms with Crippen LogP contribution in [0.4, 0.5) is 5.95 Å². The third kappa shape index (κ3) is 2.50. The maximum absolute atomic E-state index is 8.93. The van der Waals surface area contributed by atoms with E-state index in [4.69, 9.17) is 5.26 Å². The molecule has 0 saturated carbocycles. The van der Waals surface area contributed by atoms with Gasteiger partial charge in [-0.3, -0.25) is 0 Å². The highest BCUT2D eigenvalue weighted by Gasteiger charge is 2.24. The summed E-state index contributed by atoms with van der Waals surface area (Å²) in [5, 5.41) is 8.93. The van der Waals surface area contributed by atoms with Crippen LogP contribution in [-0.2, 0) is 0 Å². The molecule has 102 valence electrons. The van der Waals surface area contributed by atoms with Crippen molar-refractivity contribution in [2.45, 2.75) is 31.7 Å². The number of aromatic amines is 1. The molecule has 1 aliphatic heterocycles. The first kappa shape index (κ1) is 12.7. The van der Waals surface area contributed by atoms with Crippen molar-refractivity contribution in [1.82, 2.24) is 15.0 Å². The summed E-state index contributed by atoms with van der Waals surface area (Å²) in [4.78, 5) is 14.2. The quantitative estimate of drug-likeness (QED) is 0.928. The minimum atomic E-state index is 0.256. The van der Waals surface area contributed by atoms with Crippen molar-refractivity contribution in [2.24, 2.45) is 0 Å². The van der Waals surface area contributed by atoms with Gasteiger partial charge in [0.2, 0.25) is 5.95 Å². The maximum atomic E-state index is 8.93. The zero-order chi connectivity index (χ0) is 13.8. The fourth-order valence-electron chi connectivity index (χ4n) is 2.70. The predicted octanol–water partition coefficient (Wildman–Crippen LogP) is 2.74. The van der Waals surface area contributed by atoms with Gasteiger partial charge in [0.05, 0.1) is 12.5 Å². The number of anilines is 1. The number of rotatable bonds is 3. The molecule has 0 bridgehead atoms. The summed E-state index contributed by atoms with van der Waals surface area (Å²) in [5.74, 6) is 0.740. The molecule has 3 rings (SSSR count). The summed E-state index contributed by atoms with van der Waals surface area (Å²) in [6.07, 6.45) is 11.4. The van der Waals surface area contributed by atoms with E-state index >= 15 is 0 Å². The van der Waals surface area contributed by atoms with Gasteiger partial charge < -0.3 is 9.88 Å². The Bertz CT molecular complexity index is 582. The van der Waals surface area contributed by atoms with Crippen LogP contribution in [-0.4, -0.2) is 27.5 Å². The molecule has 1 N–H and O–H groups in total. The Kier molecular flexibility index (Phi) is 3.64. The molecule has 0 aromatic carbocycles. The van der Waals surface area contributed by atoms with Gasteiger partial charge in [-0.2, -0.15) is 5.26 Å². The van der Waals surface area contributed by atoms with Gasteiger partial charge in [0.15, 0.2) is 0 Å². The Labute approximate surface area is 118 Å². The zero-order valence-electron chi connectivity index (χ0n) is 11.3. The van der Waals surface area contributed by atoms with E-state index in [0.717, 1.165) is 36.5 Å². The summed E-state index contributed by atoms with van der Waals surface area (Å²) in [6.45, 7) is 0.940. The molecule has 2 aromatic heterocycles. The number of hydrogen-bond donors (Lipinski definition) is 1. The monoisotopic (exact) mass is 267 g/mol. The molecule has 0 aliphatic carbocycles. The Morgan fingerprint density at radius 1 is 1.30 bits per heavy atom. The lowest BCUT2D eigenvalue weighted by molar-refractivity contribution is 0.457. The van der Waals surface area contributed by atoms with Crippen LogP contribution in [0.15, 0.2) is 30.9 Å². The molecule has 1 aliphatic rings. The maximum Gasteiger partial charge on any atom is 0.225 e. The molecule has 5 heteroatoms. The predicted molar refractivity (Wildman–Crippen MR) is 77.0 cm³/mol. The summed E-state index contributed by atoms with van der Waals surface area (Å²) in [7, 11) is 0. The van der Waals surface area contributed by atoms with Gasteiger partial charge in [0.25, 0.3) is 0 Å². The highest BCUT2D eigenvalue weighted by atomic mass is 15.3. The van der Waals surface area contributed by atoms with E-state index in [2.05, 4.69) is 25.9 Å². The fraction of sp³-hybridized carbons (Fsp3) is 0.400. The van der Waals surface area contributed by atoms with Gasteiger partial charge in [0, 0.05) is 48.5 Å². The molecular weight excluding hydrogens is 250 g/mol. The molecule has 3 heterocycles. The van der Waals surface area contributed by atoms with Crippen molar-refractivity contribution in [2.75, 3.05) is 11.4 Å². The van der Waals surface area contributed by atoms with E-state index in [-0.39, 0.29) is 6.04 Å². The number of hydrogen-bond acceptors (Lipinski definition) is 4. The molecule has 20 heavy (non-hydrogen) atoms. The van der Waals surface area contributed by atoms with Crippen molar-refractivity contribution in [1.29, 1.82) is 5.26 Å². The van der Waals surface area contributed by atoms with Gasteiger partial charge in [-0.1, -0.05) is 0 Å². The number of nitriles is 1. The van der Waals surface area contributed by atoms with E-state index < -0.39 is 0 Å². The Morgan fingerprint density at radius 3 is 2.85 bits per heavy atom. The molecule has 0 radical (unpaired) electrons. The molecule has 0 spiro atoms. The van der Waals surface area contributed by atoms with E-state index in [1.165, 1.54) is 6.42 Å². The van der Waals surface area contributed by atoms with E-state index in [1.54, 1.807) is 0 Å². The lowest BCUT2D eigenvalue weighted by Gasteiger charge is -2.34. The third-order valence-electron chi connectivity index (χ3n) is 3.78. The molecule has 2 aromatic rings. The van der Waals surface area contributed by atoms with Crippen LogP contribution >= 0.6 is 0 Å². The number of H-pyrrole nitrogens is 1. The summed E-state index contributed by atoms with van der Waals surface area (Å²) in [5.41, 5.74) is 2.09. The molecular formula is C15H17N5. The Morgan fingerprint density at radius 2 is 2.15 bits per heavy atom. The van der Waals surface area contributed by atoms with Crippen molar-refractivity contribution in [3.63, 3.8) is 0 Å². The van der Waals surface area contributed by atoms with Crippen molar-refractivity contribution < 1.29 is 0 Å². The molecule has 0 amide bonds.